The molecule has 6 unspecified atom stereocenters. The van der Waals surface area contributed by atoms with Crippen LogP contribution in [0.5, 0.6) is 0 Å². The monoisotopic (exact) mass is 432 g/mol. The molecule has 5 rings (SSSR count). The van der Waals surface area contributed by atoms with Crippen molar-refractivity contribution in [3.63, 3.8) is 0 Å². The topological polar surface area (TPSA) is 61.8 Å². The first-order valence-electron chi connectivity index (χ1n) is 12.5. The Kier molecular flexibility index (Phi) is 4.79. The summed E-state index contributed by atoms with van der Waals surface area (Å²) >= 11 is 0. The SMILES string of the molecule is CC(=O)OC1CCC2(C)C3CCC4(C)C(C[C@H]5OC(C)(C)O[C@]54C(C)=O)C3CC[C@H]2C1. The van der Waals surface area contributed by atoms with Gasteiger partial charge in [0.1, 0.15) is 6.10 Å². The van der Waals surface area contributed by atoms with Gasteiger partial charge in [0.15, 0.2) is 17.2 Å². The second kappa shape index (κ2) is 6.79. The molecule has 174 valence electrons. The third-order valence-electron chi connectivity index (χ3n) is 10.5. The van der Waals surface area contributed by atoms with Gasteiger partial charge in [-0.1, -0.05) is 13.8 Å². The third kappa shape index (κ3) is 2.87. The van der Waals surface area contributed by atoms with Crippen LogP contribution in [-0.2, 0) is 23.8 Å². The lowest BCUT2D eigenvalue weighted by Crippen LogP contribution is -2.60. The first-order valence-corrected chi connectivity index (χ1v) is 12.5. The average molecular weight is 433 g/mol. The quantitative estimate of drug-likeness (QED) is 0.572. The van der Waals surface area contributed by atoms with E-state index in [4.69, 9.17) is 14.2 Å². The molecule has 5 heteroatoms. The van der Waals surface area contributed by atoms with Crippen molar-refractivity contribution in [3.8, 4) is 0 Å². The van der Waals surface area contributed by atoms with Gasteiger partial charge in [-0.3, -0.25) is 9.59 Å². The summed E-state index contributed by atoms with van der Waals surface area (Å²) in [4.78, 5) is 24.6. The lowest BCUT2D eigenvalue weighted by atomic mass is 9.44. The summed E-state index contributed by atoms with van der Waals surface area (Å²) in [6.45, 7) is 12.0. The fraction of sp³-hybridized carbons (Fsp3) is 0.923. The molecule has 0 radical (unpaired) electrons. The number of ketones is 1. The highest BCUT2D eigenvalue weighted by atomic mass is 16.8. The Morgan fingerprint density at radius 1 is 0.903 bits per heavy atom. The highest BCUT2D eigenvalue weighted by molar-refractivity contribution is 5.88. The number of fused-ring (bicyclic) bond motifs is 7. The molecule has 4 aliphatic carbocycles. The second-order valence-corrected chi connectivity index (χ2v) is 12.3. The fourth-order valence-electron chi connectivity index (χ4n) is 9.31. The van der Waals surface area contributed by atoms with Crippen LogP contribution < -0.4 is 0 Å². The maximum absolute atomic E-state index is 13.1. The van der Waals surface area contributed by atoms with E-state index in [9.17, 15) is 9.59 Å². The molecular formula is C26H40O5. The van der Waals surface area contributed by atoms with Crippen molar-refractivity contribution in [2.45, 2.75) is 117 Å². The summed E-state index contributed by atoms with van der Waals surface area (Å²) in [6.07, 6.45) is 8.66. The van der Waals surface area contributed by atoms with Gasteiger partial charge in [0.25, 0.3) is 0 Å². The van der Waals surface area contributed by atoms with E-state index in [-0.39, 0.29) is 29.4 Å². The van der Waals surface area contributed by atoms with Crippen LogP contribution in [-0.4, -0.2) is 35.3 Å². The lowest BCUT2D eigenvalue weighted by molar-refractivity contribution is -0.219. The molecule has 0 aromatic carbocycles. The molecule has 31 heavy (non-hydrogen) atoms. The number of rotatable bonds is 2. The number of hydrogen-bond acceptors (Lipinski definition) is 5. The Balaban J connectivity index is 1.43. The molecule has 9 atom stereocenters. The van der Waals surface area contributed by atoms with Crippen LogP contribution in [0, 0.1) is 34.5 Å². The number of hydrogen-bond donors (Lipinski definition) is 0. The van der Waals surface area contributed by atoms with Gasteiger partial charge in [-0.05, 0) is 101 Å². The summed E-state index contributed by atoms with van der Waals surface area (Å²) < 4.78 is 18.5. The third-order valence-corrected chi connectivity index (χ3v) is 10.5. The molecule has 0 aromatic rings. The predicted molar refractivity (Wildman–Crippen MR) is 116 cm³/mol. The standard InChI is InChI=1S/C26H40O5/c1-15(27)26-22(30-23(3,4)31-26)14-21-19-8-7-17-13-18(29-16(2)28)9-11-24(17,5)20(19)10-12-25(21,26)6/h17-22H,7-14H2,1-6H3/t17-,18?,19?,20?,21?,22+,24?,25?,26+/m0/s1. The molecule has 4 saturated carbocycles. The van der Waals surface area contributed by atoms with Crippen LogP contribution in [0.3, 0.4) is 0 Å². The molecule has 0 amide bonds. The van der Waals surface area contributed by atoms with Crippen LogP contribution in [0.15, 0.2) is 0 Å². The fourth-order valence-corrected chi connectivity index (χ4v) is 9.31. The summed E-state index contributed by atoms with van der Waals surface area (Å²) in [5.74, 6) is 1.71. The van der Waals surface area contributed by atoms with Gasteiger partial charge in [0, 0.05) is 12.3 Å². The van der Waals surface area contributed by atoms with E-state index < -0.39 is 11.4 Å². The van der Waals surface area contributed by atoms with E-state index in [1.54, 1.807) is 6.92 Å². The van der Waals surface area contributed by atoms with Gasteiger partial charge >= 0.3 is 5.97 Å². The number of ether oxygens (including phenoxy) is 3. The first kappa shape index (κ1) is 21.9. The minimum Gasteiger partial charge on any atom is -0.463 e. The van der Waals surface area contributed by atoms with E-state index in [0.29, 0.717) is 29.1 Å². The summed E-state index contributed by atoms with van der Waals surface area (Å²) in [6, 6.07) is 0. The van der Waals surface area contributed by atoms with Crippen LogP contribution in [0.1, 0.15) is 92.9 Å². The van der Waals surface area contributed by atoms with Crippen molar-refractivity contribution in [2.75, 3.05) is 0 Å². The van der Waals surface area contributed by atoms with Crippen molar-refractivity contribution < 1.29 is 23.8 Å². The van der Waals surface area contributed by atoms with Gasteiger partial charge in [-0.25, -0.2) is 0 Å². The Morgan fingerprint density at radius 3 is 2.32 bits per heavy atom. The molecule has 1 saturated heterocycles. The highest BCUT2D eigenvalue weighted by Gasteiger charge is 2.75. The summed E-state index contributed by atoms with van der Waals surface area (Å²) in [7, 11) is 0. The largest absolute Gasteiger partial charge is 0.463 e. The maximum atomic E-state index is 13.1. The zero-order chi connectivity index (χ0) is 22.4. The first-order chi connectivity index (χ1) is 14.4. The normalized spacial score (nSPS) is 52.5. The molecular weight excluding hydrogens is 392 g/mol. The van der Waals surface area contributed by atoms with E-state index in [1.165, 1.54) is 19.8 Å². The Labute approximate surface area is 186 Å². The minimum absolute atomic E-state index is 0.0943. The van der Waals surface area contributed by atoms with Gasteiger partial charge in [0.2, 0.25) is 0 Å². The maximum Gasteiger partial charge on any atom is 0.302 e. The van der Waals surface area contributed by atoms with E-state index in [1.807, 2.05) is 13.8 Å². The van der Waals surface area contributed by atoms with Gasteiger partial charge in [-0.2, -0.15) is 0 Å². The van der Waals surface area contributed by atoms with Crippen molar-refractivity contribution >= 4 is 11.8 Å². The van der Waals surface area contributed by atoms with E-state index in [0.717, 1.165) is 38.5 Å². The molecule has 0 spiro atoms. The smallest absolute Gasteiger partial charge is 0.302 e. The number of carbonyl (C=O) groups is 2. The molecule has 0 aromatic heterocycles. The van der Waals surface area contributed by atoms with Gasteiger partial charge in [0.05, 0.1) is 6.10 Å². The molecule has 1 heterocycles. The lowest BCUT2D eigenvalue weighted by Gasteiger charge is -2.61. The predicted octanol–water partition coefficient (Wildman–Crippen LogP) is 5.05. The minimum atomic E-state index is -0.795. The molecule has 5 fully saturated rings. The van der Waals surface area contributed by atoms with Crippen LogP contribution in [0.2, 0.25) is 0 Å². The van der Waals surface area contributed by atoms with E-state index in [2.05, 4.69) is 13.8 Å². The zero-order valence-corrected chi connectivity index (χ0v) is 20.2. The van der Waals surface area contributed by atoms with Crippen LogP contribution in [0.4, 0.5) is 0 Å². The number of Topliss-reactive ketones (excluding diaryl/α,β-unsaturated/α-hetero) is 1. The van der Waals surface area contributed by atoms with E-state index >= 15 is 0 Å². The van der Waals surface area contributed by atoms with Crippen molar-refractivity contribution in [1.82, 2.24) is 0 Å². The number of carbonyl (C=O) groups excluding carboxylic acids is 2. The van der Waals surface area contributed by atoms with Crippen molar-refractivity contribution in [1.29, 1.82) is 0 Å². The summed E-state index contributed by atoms with van der Waals surface area (Å²) in [5, 5.41) is 0. The van der Waals surface area contributed by atoms with Crippen molar-refractivity contribution in [2.24, 2.45) is 34.5 Å². The second-order valence-electron chi connectivity index (χ2n) is 12.3. The molecule has 5 nitrogen and oxygen atoms in total. The van der Waals surface area contributed by atoms with Crippen molar-refractivity contribution in [3.05, 3.63) is 0 Å². The Morgan fingerprint density at radius 2 is 1.65 bits per heavy atom. The average Bonchev–Trinajstić information content (AvgIpc) is 3.08. The molecule has 0 bridgehead atoms. The zero-order valence-electron chi connectivity index (χ0n) is 20.2. The Bertz CT molecular complexity index is 791. The molecule has 0 N–H and O–H groups in total. The van der Waals surface area contributed by atoms with Gasteiger partial charge in [-0.15, -0.1) is 0 Å². The molecule has 1 aliphatic heterocycles. The molecule has 5 aliphatic rings. The van der Waals surface area contributed by atoms with Gasteiger partial charge < -0.3 is 14.2 Å². The Hall–Kier alpha value is -0.940. The van der Waals surface area contributed by atoms with Crippen LogP contribution in [0.25, 0.3) is 0 Å². The summed E-state index contributed by atoms with van der Waals surface area (Å²) in [5.41, 5.74) is -0.642. The number of esters is 1. The highest BCUT2D eigenvalue weighted by Crippen LogP contribution is 2.71. The van der Waals surface area contributed by atoms with Crippen LogP contribution >= 0.6 is 0 Å².